The Morgan fingerprint density at radius 1 is 0.925 bits per heavy atom. The quantitative estimate of drug-likeness (QED) is 0.335. The molecule has 3 heterocycles. The lowest BCUT2D eigenvalue weighted by atomic mass is 10.0. The molecule has 0 spiro atoms. The van der Waals surface area contributed by atoms with E-state index in [0.29, 0.717) is 41.9 Å². The van der Waals surface area contributed by atoms with Gasteiger partial charge in [-0.2, -0.15) is 0 Å². The minimum atomic E-state index is -0.721. The van der Waals surface area contributed by atoms with Crippen molar-refractivity contribution in [3.8, 4) is 23.0 Å². The second kappa shape index (κ2) is 11.4. The van der Waals surface area contributed by atoms with Gasteiger partial charge in [0.2, 0.25) is 5.91 Å². The molecule has 0 radical (unpaired) electrons. The number of alkyl carbamates (subject to hydrolysis) is 1. The predicted molar refractivity (Wildman–Crippen MR) is 151 cm³/mol. The lowest BCUT2D eigenvalue weighted by Crippen LogP contribution is -2.54. The van der Waals surface area contributed by atoms with Crippen LogP contribution in [0.1, 0.15) is 57.3 Å². The van der Waals surface area contributed by atoms with E-state index in [1.54, 1.807) is 0 Å². The van der Waals surface area contributed by atoms with Crippen LogP contribution in [-0.4, -0.2) is 56.0 Å². The molecule has 2 amide bonds. The maximum Gasteiger partial charge on any atom is 0.407 e. The average molecular weight is 549 g/mol. The Labute approximate surface area is 233 Å². The summed E-state index contributed by atoms with van der Waals surface area (Å²) in [7, 11) is 1.27. The Morgan fingerprint density at radius 3 is 2.08 bits per heavy atom. The van der Waals surface area contributed by atoms with E-state index in [9.17, 15) is 9.59 Å². The largest absolute Gasteiger partial charge is 0.453 e. The monoisotopic (exact) mass is 548 g/mol. The molecule has 2 aromatic rings. The number of hydrogen-bond donors (Lipinski definition) is 4. The van der Waals surface area contributed by atoms with E-state index in [4.69, 9.17) is 9.47 Å². The second-order valence-corrected chi connectivity index (χ2v) is 10.5. The lowest BCUT2D eigenvalue weighted by Gasteiger charge is -2.25. The van der Waals surface area contributed by atoms with Crippen molar-refractivity contribution in [2.75, 3.05) is 20.2 Å². The standard InChI is InChI=1S/C29H36N6O5/c1-6-25-30-13-19(33-25)17-7-9-21-23(11-17)39-22-10-8-18(12-24(22)40-21)20-14-31-27(34-20)16(4)32-28(36)26(15(2)3)35-29(37)38-5/h7-12,15-16,19-20,26H,6,13-14H2,1-5H3,(H,30,33)(H,31,34)(H,32,36)(H,35,37)/t16-,19?,20?,26-/m0/s1. The van der Waals surface area contributed by atoms with Gasteiger partial charge in [-0.1, -0.05) is 32.9 Å². The first kappa shape index (κ1) is 27.3. The summed E-state index contributed by atoms with van der Waals surface area (Å²) >= 11 is 0. The van der Waals surface area contributed by atoms with Crippen LogP contribution in [0.3, 0.4) is 0 Å². The van der Waals surface area contributed by atoms with Gasteiger partial charge in [-0.3, -0.25) is 14.8 Å². The summed E-state index contributed by atoms with van der Waals surface area (Å²) in [6.45, 7) is 8.88. The third-order valence-electron chi connectivity index (χ3n) is 7.26. The van der Waals surface area contributed by atoms with Crippen molar-refractivity contribution in [3.05, 3.63) is 47.5 Å². The molecule has 2 unspecified atom stereocenters. The number of methoxy groups -OCH3 is 1. The molecule has 0 saturated heterocycles. The molecule has 4 N–H and O–H groups in total. The highest BCUT2D eigenvalue weighted by atomic mass is 16.6. The SMILES string of the molecule is CCC1=NCC(c2ccc3c(c2)Oc2ccc(C4CN=C([C@H](C)NC(=O)[C@@H](NC(=O)OC)C(C)C)N4)cc2O3)N1. The highest BCUT2D eigenvalue weighted by molar-refractivity contribution is 5.94. The number of ether oxygens (including phenoxy) is 3. The van der Waals surface area contributed by atoms with Crippen LogP contribution in [0, 0.1) is 5.92 Å². The molecule has 0 saturated carbocycles. The Bertz CT molecular complexity index is 1360. The molecule has 5 rings (SSSR count). The topological polar surface area (TPSA) is 135 Å². The molecule has 3 aliphatic heterocycles. The van der Waals surface area contributed by atoms with Crippen molar-refractivity contribution in [1.29, 1.82) is 0 Å². The molecular formula is C29H36N6O5. The number of benzene rings is 2. The molecule has 2 aromatic carbocycles. The maximum absolute atomic E-state index is 12.8. The fraction of sp³-hybridized carbons (Fsp3) is 0.448. The molecule has 11 heteroatoms. The third kappa shape index (κ3) is 5.68. The summed E-state index contributed by atoms with van der Waals surface area (Å²) in [5.74, 6) is 3.91. The zero-order chi connectivity index (χ0) is 28.4. The van der Waals surface area contributed by atoms with E-state index in [0.717, 1.165) is 23.4 Å². The number of amides is 2. The number of carbonyl (C=O) groups is 2. The van der Waals surface area contributed by atoms with Crippen LogP contribution in [-0.2, 0) is 9.53 Å². The number of fused-ring (bicyclic) bond motifs is 2. The Hall–Kier alpha value is -4.28. The van der Waals surface area contributed by atoms with Crippen LogP contribution in [0.15, 0.2) is 46.4 Å². The van der Waals surface area contributed by atoms with E-state index < -0.39 is 12.1 Å². The van der Waals surface area contributed by atoms with Gasteiger partial charge in [-0.25, -0.2) is 4.79 Å². The summed E-state index contributed by atoms with van der Waals surface area (Å²) in [6.07, 6.45) is 0.241. The summed E-state index contributed by atoms with van der Waals surface area (Å²) in [6, 6.07) is 10.8. The highest BCUT2D eigenvalue weighted by Gasteiger charge is 2.30. The molecule has 0 bridgehead atoms. The Kier molecular flexibility index (Phi) is 7.81. The fourth-order valence-corrected chi connectivity index (χ4v) is 4.95. The number of amidine groups is 2. The minimum absolute atomic E-state index is 0.0812. The maximum atomic E-state index is 12.8. The van der Waals surface area contributed by atoms with Crippen molar-refractivity contribution >= 4 is 23.7 Å². The first-order valence-corrected chi connectivity index (χ1v) is 13.6. The summed E-state index contributed by atoms with van der Waals surface area (Å²) in [5, 5.41) is 12.4. The molecule has 212 valence electrons. The first-order chi connectivity index (χ1) is 19.2. The number of hydrogen-bond acceptors (Lipinski definition) is 9. The number of nitrogens with one attached hydrogen (secondary N) is 4. The normalized spacial score (nSPS) is 20.4. The summed E-state index contributed by atoms with van der Waals surface area (Å²) in [5.41, 5.74) is 2.10. The zero-order valence-corrected chi connectivity index (χ0v) is 23.4. The van der Waals surface area contributed by atoms with Crippen molar-refractivity contribution in [1.82, 2.24) is 21.3 Å². The minimum Gasteiger partial charge on any atom is -0.453 e. The van der Waals surface area contributed by atoms with Crippen molar-refractivity contribution in [3.63, 3.8) is 0 Å². The first-order valence-electron chi connectivity index (χ1n) is 13.6. The van der Waals surface area contributed by atoms with Gasteiger partial charge in [0.1, 0.15) is 11.9 Å². The third-order valence-corrected chi connectivity index (χ3v) is 7.26. The smallest absolute Gasteiger partial charge is 0.407 e. The molecular weight excluding hydrogens is 512 g/mol. The number of aliphatic imine (C=N–C) groups is 2. The fourth-order valence-electron chi connectivity index (χ4n) is 4.95. The van der Waals surface area contributed by atoms with E-state index in [1.807, 2.05) is 57.2 Å². The Morgan fingerprint density at radius 2 is 1.52 bits per heavy atom. The molecule has 4 atom stereocenters. The van der Waals surface area contributed by atoms with Crippen LogP contribution in [0.4, 0.5) is 4.79 Å². The number of rotatable bonds is 8. The summed E-state index contributed by atoms with van der Waals surface area (Å²) < 4.78 is 17.1. The van der Waals surface area contributed by atoms with Crippen LogP contribution >= 0.6 is 0 Å². The number of nitrogens with zero attached hydrogens (tertiary/aromatic N) is 2. The predicted octanol–water partition coefficient (Wildman–Crippen LogP) is 3.97. The Balaban J connectivity index is 1.20. The van der Waals surface area contributed by atoms with Crippen molar-refractivity contribution in [2.45, 2.75) is 58.3 Å². The zero-order valence-electron chi connectivity index (χ0n) is 23.4. The van der Waals surface area contributed by atoms with Gasteiger partial charge in [0, 0.05) is 6.42 Å². The van der Waals surface area contributed by atoms with E-state index in [-0.39, 0.29) is 30.0 Å². The van der Waals surface area contributed by atoms with Crippen molar-refractivity contribution in [2.24, 2.45) is 15.9 Å². The van der Waals surface area contributed by atoms with E-state index in [1.165, 1.54) is 7.11 Å². The van der Waals surface area contributed by atoms with Crippen LogP contribution in [0.5, 0.6) is 23.0 Å². The van der Waals surface area contributed by atoms with E-state index in [2.05, 4.69) is 42.9 Å². The molecule has 40 heavy (non-hydrogen) atoms. The van der Waals surface area contributed by atoms with Gasteiger partial charge >= 0.3 is 6.09 Å². The van der Waals surface area contributed by atoms with Gasteiger partial charge in [0.05, 0.1) is 44.2 Å². The van der Waals surface area contributed by atoms with Crippen LogP contribution in [0.25, 0.3) is 0 Å². The van der Waals surface area contributed by atoms with Gasteiger partial charge in [0.15, 0.2) is 23.0 Å². The van der Waals surface area contributed by atoms with Crippen LogP contribution in [0.2, 0.25) is 0 Å². The molecule has 11 nitrogen and oxygen atoms in total. The van der Waals surface area contributed by atoms with Crippen molar-refractivity contribution < 1.29 is 23.8 Å². The second-order valence-electron chi connectivity index (χ2n) is 10.5. The summed E-state index contributed by atoms with van der Waals surface area (Å²) in [4.78, 5) is 33.7. The number of carbonyl (C=O) groups excluding carboxylic acids is 2. The molecule has 0 fully saturated rings. The molecule has 3 aliphatic rings. The molecule has 0 aromatic heterocycles. The lowest BCUT2D eigenvalue weighted by molar-refractivity contribution is -0.124. The van der Waals surface area contributed by atoms with Gasteiger partial charge < -0.3 is 35.5 Å². The van der Waals surface area contributed by atoms with Gasteiger partial charge in [-0.05, 0) is 48.2 Å². The average Bonchev–Trinajstić information content (AvgIpc) is 3.64. The van der Waals surface area contributed by atoms with Crippen LogP contribution < -0.4 is 30.7 Å². The van der Waals surface area contributed by atoms with Gasteiger partial charge in [-0.15, -0.1) is 0 Å². The molecule has 0 aliphatic carbocycles. The van der Waals surface area contributed by atoms with E-state index >= 15 is 0 Å². The van der Waals surface area contributed by atoms with Gasteiger partial charge in [0.25, 0.3) is 0 Å². The highest BCUT2D eigenvalue weighted by Crippen LogP contribution is 2.47.